The summed E-state index contributed by atoms with van der Waals surface area (Å²) < 4.78 is 0. The van der Waals surface area contributed by atoms with E-state index in [0.29, 0.717) is 21.6 Å². The maximum atomic E-state index is 5.89. The predicted octanol–water partition coefficient (Wildman–Crippen LogP) is 3.03. The fourth-order valence-corrected chi connectivity index (χ4v) is 1.47. The number of rotatable bonds is 1. The first-order chi connectivity index (χ1) is 7.16. The van der Waals surface area contributed by atoms with Gasteiger partial charge in [0.05, 0.1) is 28.1 Å². The van der Waals surface area contributed by atoms with Crippen LogP contribution in [0.2, 0.25) is 10.0 Å². The van der Waals surface area contributed by atoms with Gasteiger partial charge in [0.15, 0.2) is 0 Å². The summed E-state index contributed by atoms with van der Waals surface area (Å²) in [7, 11) is 0. The molecule has 1 aromatic carbocycles. The van der Waals surface area contributed by atoms with Gasteiger partial charge in [0, 0.05) is 5.56 Å². The second kappa shape index (κ2) is 4.04. The molecule has 0 aliphatic carbocycles. The third-order valence-electron chi connectivity index (χ3n) is 1.87. The van der Waals surface area contributed by atoms with E-state index in [2.05, 4.69) is 9.97 Å². The summed E-state index contributed by atoms with van der Waals surface area (Å²) >= 11 is 11.7. The van der Waals surface area contributed by atoms with Crippen molar-refractivity contribution in [1.29, 1.82) is 0 Å². The molecule has 0 saturated carbocycles. The molecule has 5 heteroatoms. The van der Waals surface area contributed by atoms with Gasteiger partial charge in [-0.1, -0.05) is 29.3 Å². The summed E-state index contributed by atoms with van der Waals surface area (Å²) in [6.07, 6.45) is 3.11. The first-order valence-corrected chi connectivity index (χ1v) is 4.95. The van der Waals surface area contributed by atoms with Gasteiger partial charge in [-0.15, -0.1) is 0 Å². The van der Waals surface area contributed by atoms with Crippen LogP contribution >= 0.6 is 23.2 Å². The minimum Gasteiger partial charge on any atom is -0.382 e. The lowest BCUT2D eigenvalue weighted by molar-refractivity contribution is 1.22. The van der Waals surface area contributed by atoms with Crippen molar-refractivity contribution in [1.82, 2.24) is 9.97 Å². The van der Waals surface area contributed by atoms with E-state index in [1.165, 1.54) is 6.20 Å². The van der Waals surface area contributed by atoms with Crippen molar-refractivity contribution in [3.05, 3.63) is 40.6 Å². The Morgan fingerprint density at radius 1 is 1.07 bits per heavy atom. The molecule has 0 atom stereocenters. The monoisotopic (exact) mass is 239 g/mol. The first-order valence-electron chi connectivity index (χ1n) is 4.20. The van der Waals surface area contributed by atoms with Crippen molar-refractivity contribution in [2.75, 3.05) is 5.73 Å². The van der Waals surface area contributed by atoms with Gasteiger partial charge in [0.1, 0.15) is 5.82 Å². The molecule has 0 bridgehead atoms. The molecule has 0 fully saturated rings. The van der Waals surface area contributed by atoms with Crippen LogP contribution in [0.25, 0.3) is 11.3 Å². The van der Waals surface area contributed by atoms with Crippen LogP contribution in [-0.4, -0.2) is 9.97 Å². The van der Waals surface area contributed by atoms with Gasteiger partial charge in [-0.3, -0.25) is 4.98 Å². The largest absolute Gasteiger partial charge is 0.382 e. The second-order valence-corrected chi connectivity index (χ2v) is 3.77. The van der Waals surface area contributed by atoms with Crippen LogP contribution in [0, 0.1) is 0 Å². The van der Waals surface area contributed by atoms with Gasteiger partial charge in [0.25, 0.3) is 0 Å². The van der Waals surface area contributed by atoms with Gasteiger partial charge in [-0.2, -0.15) is 0 Å². The number of anilines is 1. The Bertz CT molecular complexity index is 500. The lowest BCUT2D eigenvalue weighted by Crippen LogP contribution is -1.93. The lowest BCUT2D eigenvalue weighted by atomic mass is 10.2. The Hall–Kier alpha value is -1.32. The third kappa shape index (κ3) is 2.19. The Morgan fingerprint density at radius 3 is 2.53 bits per heavy atom. The standard InChI is InChI=1S/C10H7Cl2N3/c11-7-2-1-6(3-8(7)12)9-4-14-5-10(13)15-9/h1-5H,(H2,13,15). The van der Waals surface area contributed by atoms with Crippen molar-refractivity contribution >= 4 is 29.0 Å². The van der Waals surface area contributed by atoms with E-state index in [1.54, 1.807) is 18.3 Å². The minimum atomic E-state index is 0.374. The Kier molecular flexibility index (Phi) is 2.75. The molecule has 15 heavy (non-hydrogen) atoms. The molecule has 0 aliphatic rings. The number of aromatic nitrogens is 2. The van der Waals surface area contributed by atoms with Crippen molar-refractivity contribution < 1.29 is 0 Å². The summed E-state index contributed by atoms with van der Waals surface area (Å²) in [5, 5.41) is 0.996. The zero-order valence-corrected chi connectivity index (χ0v) is 9.13. The van der Waals surface area contributed by atoms with Crippen LogP contribution in [0.1, 0.15) is 0 Å². The molecular formula is C10H7Cl2N3. The number of hydrogen-bond donors (Lipinski definition) is 1. The Labute approximate surface area is 96.9 Å². The van der Waals surface area contributed by atoms with E-state index in [-0.39, 0.29) is 0 Å². The number of nitrogen functional groups attached to an aromatic ring is 1. The van der Waals surface area contributed by atoms with Gasteiger partial charge in [0.2, 0.25) is 0 Å². The molecule has 2 rings (SSSR count). The molecule has 0 amide bonds. The Morgan fingerprint density at radius 2 is 1.87 bits per heavy atom. The zero-order chi connectivity index (χ0) is 10.8. The Balaban J connectivity index is 2.50. The predicted molar refractivity (Wildman–Crippen MR) is 61.9 cm³/mol. The van der Waals surface area contributed by atoms with Crippen molar-refractivity contribution in [2.45, 2.75) is 0 Å². The van der Waals surface area contributed by atoms with Gasteiger partial charge < -0.3 is 5.73 Å². The van der Waals surface area contributed by atoms with Crippen molar-refractivity contribution in [3.63, 3.8) is 0 Å². The van der Waals surface area contributed by atoms with E-state index in [1.807, 2.05) is 6.07 Å². The van der Waals surface area contributed by atoms with E-state index in [4.69, 9.17) is 28.9 Å². The summed E-state index contributed by atoms with van der Waals surface area (Å²) in [5.41, 5.74) is 7.04. The molecule has 0 spiro atoms. The topological polar surface area (TPSA) is 51.8 Å². The van der Waals surface area contributed by atoms with Crippen LogP contribution in [0.3, 0.4) is 0 Å². The summed E-state index contributed by atoms with van der Waals surface area (Å²) in [6, 6.07) is 5.26. The summed E-state index contributed by atoms with van der Waals surface area (Å²) in [5.74, 6) is 0.374. The highest BCUT2D eigenvalue weighted by molar-refractivity contribution is 6.42. The molecular weight excluding hydrogens is 233 g/mol. The highest BCUT2D eigenvalue weighted by Gasteiger charge is 2.03. The van der Waals surface area contributed by atoms with Crippen molar-refractivity contribution in [2.24, 2.45) is 0 Å². The normalized spacial score (nSPS) is 10.3. The molecule has 2 aromatic rings. The zero-order valence-electron chi connectivity index (χ0n) is 7.61. The van der Waals surface area contributed by atoms with E-state index in [0.717, 1.165) is 5.56 Å². The second-order valence-electron chi connectivity index (χ2n) is 2.96. The first kappa shape index (κ1) is 10.2. The van der Waals surface area contributed by atoms with Gasteiger partial charge in [-0.25, -0.2) is 4.98 Å². The van der Waals surface area contributed by atoms with Gasteiger partial charge >= 0.3 is 0 Å². The van der Waals surface area contributed by atoms with Crippen LogP contribution in [0.5, 0.6) is 0 Å². The molecule has 0 radical (unpaired) electrons. The molecule has 1 aromatic heterocycles. The SMILES string of the molecule is Nc1cncc(-c2ccc(Cl)c(Cl)c2)n1. The van der Waals surface area contributed by atoms with Crippen LogP contribution < -0.4 is 5.73 Å². The van der Waals surface area contributed by atoms with Crippen LogP contribution in [0.15, 0.2) is 30.6 Å². The number of nitrogens with two attached hydrogens (primary N) is 1. The minimum absolute atomic E-state index is 0.374. The molecule has 76 valence electrons. The molecule has 1 heterocycles. The fraction of sp³-hybridized carbons (Fsp3) is 0. The quantitative estimate of drug-likeness (QED) is 0.833. The average molecular weight is 240 g/mol. The molecule has 3 nitrogen and oxygen atoms in total. The number of nitrogens with zero attached hydrogens (tertiary/aromatic N) is 2. The number of benzene rings is 1. The highest BCUT2D eigenvalue weighted by atomic mass is 35.5. The van der Waals surface area contributed by atoms with E-state index < -0.39 is 0 Å². The maximum Gasteiger partial charge on any atom is 0.142 e. The molecule has 2 N–H and O–H groups in total. The fourth-order valence-electron chi connectivity index (χ4n) is 1.18. The smallest absolute Gasteiger partial charge is 0.142 e. The summed E-state index contributed by atoms with van der Waals surface area (Å²) in [4.78, 5) is 8.08. The highest BCUT2D eigenvalue weighted by Crippen LogP contribution is 2.27. The third-order valence-corrected chi connectivity index (χ3v) is 2.61. The van der Waals surface area contributed by atoms with E-state index >= 15 is 0 Å². The molecule has 0 saturated heterocycles. The van der Waals surface area contributed by atoms with Gasteiger partial charge in [-0.05, 0) is 12.1 Å². The van der Waals surface area contributed by atoms with E-state index in [9.17, 15) is 0 Å². The van der Waals surface area contributed by atoms with Crippen LogP contribution in [-0.2, 0) is 0 Å². The number of hydrogen-bond acceptors (Lipinski definition) is 3. The maximum absolute atomic E-state index is 5.89. The summed E-state index contributed by atoms with van der Waals surface area (Å²) in [6.45, 7) is 0. The number of halogens is 2. The lowest BCUT2D eigenvalue weighted by Gasteiger charge is -2.02. The average Bonchev–Trinajstić information content (AvgIpc) is 2.22. The molecule has 0 unspecified atom stereocenters. The van der Waals surface area contributed by atoms with Crippen molar-refractivity contribution in [3.8, 4) is 11.3 Å². The van der Waals surface area contributed by atoms with Crippen LogP contribution in [0.4, 0.5) is 5.82 Å². The molecule has 0 aliphatic heterocycles.